The number of fused-ring (bicyclic) bond motifs is 1. The van der Waals surface area contributed by atoms with Gasteiger partial charge in [0.1, 0.15) is 11.8 Å². The molecule has 4 aromatic rings. The van der Waals surface area contributed by atoms with E-state index in [0.29, 0.717) is 56.9 Å². The quantitative estimate of drug-likeness (QED) is 0.0656. The third kappa shape index (κ3) is 11.1. The molecule has 22 heteroatoms. The maximum atomic E-state index is 14.2. The van der Waals surface area contributed by atoms with E-state index in [1.807, 2.05) is 13.8 Å². The summed E-state index contributed by atoms with van der Waals surface area (Å²) >= 11 is 1.43. The normalized spacial score (nSPS) is 16.8. The lowest BCUT2D eigenvalue weighted by atomic mass is 9.89. The predicted octanol–water partition coefficient (Wildman–Crippen LogP) is 7.08. The standard InChI is InChI=1S/C40H40F9N5O7S/c1-22(2)33-51-28(20-62-33)34(56)54-15-16-59-37(21-54)10-13-53(14-11-37)19-23-3-6-27(38(41,42)43)24(17-23)9-12-50-18-30(61-36(58)40(47,48)49)25-4-7-29(60-35(57)39(44,45)46)32-26(25)5-8-31(55)52-32/h3-8,17,20,22,30,50H,9-16,18-19,21H2,1-2H3,(H,52,55)/t30-/m0/s1. The number of halogens is 9. The number of likely N-dealkylation sites (tertiary alicyclic amines) is 1. The van der Waals surface area contributed by atoms with Crippen molar-refractivity contribution in [1.82, 2.24) is 25.1 Å². The number of aromatic nitrogens is 2. The van der Waals surface area contributed by atoms with Crippen LogP contribution in [-0.4, -0.2) is 101 Å². The number of piperidine rings is 1. The zero-order valence-corrected chi connectivity index (χ0v) is 33.9. The summed E-state index contributed by atoms with van der Waals surface area (Å²) in [5.74, 6) is -6.10. The van der Waals surface area contributed by atoms with Crippen LogP contribution in [0.3, 0.4) is 0 Å². The molecular weight excluding hydrogens is 866 g/mol. The number of H-pyrrole nitrogens is 1. The highest BCUT2D eigenvalue weighted by molar-refractivity contribution is 7.09. The van der Waals surface area contributed by atoms with E-state index >= 15 is 0 Å². The first-order chi connectivity index (χ1) is 29.0. The van der Waals surface area contributed by atoms with Crippen molar-refractivity contribution in [2.24, 2.45) is 0 Å². The highest BCUT2D eigenvalue weighted by Crippen LogP contribution is 2.36. The van der Waals surface area contributed by atoms with Crippen LogP contribution in [0.25, 0.3) is 10.9 Å². The van der Waals surface area contributed by atoms with Crippen LogP contribution in [0, 0.1) is 0 Å². The van der Waals surface area contributed by atoms with Crippen molar-refractivity contribution in [2.75, 3.05) is 45.9 Å². The summed E-state index contributed by atoms with van der Waals surface area (Å²) in [6, 6.07) is 7.23. The van der Waals surface area contributed by atoms with Crippen LogP contribution >= 0.6 is 11.3 Å². The van der Waals surface area contributed by atoms with Crippen molar-refractivity contribution < 1.29 is 68.1 Å². The number of nitrogens with zero attached hydrogens (tertiary/aromatic N) is 3. The van der Waals surface area contributed by atoms with Gasteiger partial charge in [0.25, 0.3) is 5.91 Å². The number of morpholine rings is 1. The van der Waals surface area contributed by atoms with Crippen molar-refractivity contribution in [3.63, 3.8) is 0 Å². The molecule has 0 radical (unpaired) electrons. The second-order valence-electron chi connectivity index (χ2n) is 15.2. The maximum Gasteiger partial charge on any atom is 0.491 e. The molecule has 1 atom stereocenters. The molecule has 0 bridgehead atoms. The minimum absolute atomic E-state index is 0.133. The molecule has 0 unspecified atom stereocenters. The first kappa shape index (κ1) is 46.4. The topological polar surface area (TPSA) is 143 Å². The molecule has 2 N–H and O–H groups in total. The van der Waals surface area contributed by atoms with E-state index < -0.39 is 71.1 Å². The summed E-state index contributed by atoms with van der Waals surface area (Å²) in [5.41, 5.74) is -2.41. The Morgan fingerprint density at radius 3 is 2.31 bits per heavy atom. The summed E-state index contributed by atoms with van der Waals surface area (Å²) in [5, 5.41) is 5.06. The van der Waals surface area contributed by atoms with E-state index in [-0.39, 0.29) is 47.8 Å². The molecule has 1 amide bonds. The zero-order valence-electron chi connectivity index (χ0n) is 33.1. The lowest BCUT2D eigenvalue weighted by molar-refractivity contribution is -0.205. The second kappa shape index (κ2) is 18.3. The number of carbonyl (C=O) groups excluding carboxylic acids is 3. The Balaban J connectivity index is 1.13. The first-order valence-electron chi connectivity index (χ1n) is 19.3. The average molecular weight is 906 g/mol. The number of amides is 1. The Morgan fingerprint density at radius 2 is 1.66 bits per heavy atom. The van der Waals surface area contributed by atoms with E-state index in [1.54, 1.807) is 10.3 Å². The van der Waals surface area contributed by atoms with Gasteiger partial charge in [0, 0.05) is 61.0 Å². The third-order valence-electron chi connectivity index (χ3n) is 10.5. The van der Waals surface area contributed by atoms with Crippen molar-refractivity contribution in [3.8, 4) is 5.75 Å². The molecule has 4 heterocycles. The lowest BCUT2D eigenvalue weighted by Gasteiger charge is -2.47. The van der Waals surface area contributed by atoms with E-state index in [1.165, 1.54) is 23.5 Å². The SMILES string of the molecule is CC(C)c1nc(C(=O)N2CCOC3(CCN(Cc4ccc(C(F)(F)F)c(CCNC[C@H](OC(=O)C(F)(F)F)c5ccc(OC(=O)C(F)(F)F)c6[nH]c(=O)ccc56)c4)CC3)C2)cs1. The number of nitrogens with one attached hydrogen (secondary N) is 2. The number of rotatable bonds is 12. The smallest absolute Gasteiger partial charge is 0.449 e. The fourth-order valence-corrected chi connectivity index (χ4v) is 8.19. The van der Waals surface area contributed by atoms with Gasteiger partial charge in [-0.3, -0.25) is 14.5 Å². The minimum Gasteiger partial charge on any atom is -0.449 e. The van der Waals surface area contributed by atoms with Crippen LogP contribution in [0.4, 0.5) is 39.5 Å². The predicted molar refractivity (Wildman–Crippen MR) is 204 cm³/mol. The largest absolute Gasteiger partial charge is 0.491 e. The number of thiazole rings is 1. The summed E-state index contributed by atoms with van der Waals surface area (Å²) in [6.07, 6.45) is -16.7. The van der Waals surface area contributed by atoms with Gasteiger partial charge in [-0.15, -0.1) is 11.3 Å². The molecule has 6 rings (SSSR count). The van der Waals surface area contributed by atoms with Crippen molar-refractivity contribution in [1.29, 1.82) is 0 Å². The van der Waals surface area contributed by atoms with E-state index in [0.717, 1.165) is 35.3 Å². The van der Waals surface area contributed by atoms with Gasteiger partial charge in [0.15, 0.2) is 5.75 Å². The summed E-state index contributed by atoms with van der Waals surface area (Å²) in [4.78, 5) is 59.4. The Morgan fingerprint density at radius 1 is 0.952 bits per heavy atom. The highest BCUT2D eigenvalue weighted by atomic mass is 32.1. The molecule has 2 aliphatic heterocycles. The van der Waals surface area contributed by atoms with Gasteiger partial charge >= 0.3 is 30.5 Å². The van der Waals surface area contributed by atoms with Crippen molar-refractivity contribution in [3.05, 3.63) is 91.2 Å². The third-order valence-corrected chi connectivity index (χ3v) is 11.6. The second-order valence-corrected chi connectivity index (χ2v) is 16.1. The maximum absolute atomic E-state index is 14.2. The van der Waals surface area contributed by atoms with Gasteiger partial charge in [0.05, 0.1) is 34.8 Å². The van der Waals surface area contributed by atoms with Crippen LogP contribution in [0.5, 0.6) is 5.75 Å². The van der Waals surface area contributed by atoms with Crippen molar-refractivity contribution >= 4 is 40.1 Å². The summed E-state index contributed by atoms with van der Waals surface area (Å²) in [7, 11) is 0. The Bertz CT molecular complexity index is 2340. The van der Waals surface area contributed by atoms with Crippen LogP contribution in [-0.2, 0) is 38.2 Å². The van der Waals surface area contributed by atoms with E-state index in [2.05, 4.69) is 24.9 Å². The van der Waals surface area contributed by atoms with Crippen LogP contribution in [0.2, 0.25) is 0 Å². The number of pyridine rings is 1. The van der Waals surface area contributed by atoms with Gasteiger partial charge in [0.2, 0.25) is 5.56 Å². The van der Waals surface area contributed by atoms with Gasteiger partial charge in [-0.25, -0.2) is 14.6 Å². The number of aromatic amines is 1. The van der Waals surface area contributed by atoms with Gasteiger partial charge in [-0.2, -0.15) is 39.5 Å². The molecule has 0 aliphatic carbocycles. The molecular formula is C40H40F9N5O7S. The molecule has 336 valence electrons. The highest BCUT2D eigenvalue weighted by Gasteiger charge is 2.44. The first-order valence-corrected chi connectivity index (χ1v) is 20.1. The number of benzene rings is 2. The van der Waals surface area contributed by atoms with E-state index in [9.17, 15) is 58.7 Å². The number of hydrogen-bond acceptors (Lipinski definition) is 11. The molecule has 2 fully saturated rings. The van der Waals surface area contributed by atoms with Crippen molar-refractivity contribution in [2.45, 2.75) is 75.8 Å². The van der Waals surface area contributed by atoms with Gasteiger partial charge < -0.3 is 29.4 Å². The van der Waals surface area contributed by atoms with Crippen LogP contribution in [0.15, 0.2) is 52.6 Å². The summed E-state index contributed by atoms with van der Waals surface area (Å²) in [6.45, 7) is 5.57. The summed E-state index contributed by atoms with van der Waals surface area (Å²) < 4.78 is 137. The molecule has 2 saturated heterocycles. The number of hydrogen-bond donors (Lipinski definition) is 2. The fourth-order valence-electron chi connectivity index (χ4n) is 7.38. The molecule has 62 heavy (non-hydrogen) atoms. The molecule has 2 aliphatic rings. The number of alkyl halides is 9. The van der Waals surface area contributed by atoms with Gasteiger partial charge in [-0.1, -0.05) is 32.0 Å². The molecule has 12 nitrogen and oxygen atoms in total. The number of ether oxygens (including phenoxy) is 3. The van der Waals surface area contributed by atoms with Gasteiger partial charge in [-0.05, 0) is 55.1 Å². The zero-order chi connectivity index (χ0) is 45.2. The monoisotopic (exact) mass is 905 g/mol. The van der Waals surface area contributed by atoms with E-state index in [4.69, 9.17) is 9.47 Å². The molecule has 2 aromatic heterocycles. The Kier molecular flexibility index (Phi) is 13.7. The Hall–Kier alpha value is -5.06. The fraction of sp³-hybridized carbons (Fsp3) is 0.475. The molecule has 1 spiro atoms. The number of esters is 2. The minimum atomic E-state index is -5.50. The average Bonchev–Trinajstić information content (AvgIpc) is 3.70. The molecule has 2 aromatic carbocycles. The Labute approximate surface area is 351 Å². The molecule has 0 saturated carbocycles. The lowest BCUT2D eigenvalue weighted by Crippen LogP contribution is -2.58. The van der Waals surface area contributed by atoms with Crippen LogP contribution in [0.1, 0.15) is 76.5 Å². The number of carbonyl (C=O) groups is 3. The van der Waals surface area contributed by atoms with Crippen LogP contribution < -0.4 is 15.6 Å².